The third-order valence-corrected chi connectivity index (χ3v) is 5.00. The summed E-state index contributed by atoms with van der Waals surface area (Å²) < 4.78 is 5.25. The maximum Gasteiger partial charge on any atom is 0.223 e. The van der Waals surface area contributed by atoms with Crippen molar-refractivity contribution in [1.82, 2.24) is 9.88 Å². The molecule has 2 heterocycles. The molecule has 0 saturated carbocycles. The van der Waals surface area contributed by atoms with Gasteiger partial charge >= 0.3 is 0 Å². The third kappa shape index (κ3) is 3.12. The van der Waals surface area contributed by atoms with Gasteiger partial charge in [0.1, 0.15) is 5.75 Å². The fraction of sp³-hybridized carbons (Fsp3) is 0.286. The Morgan fingerprint density at radius 1 is 1.20 bits per heavy atom. The summed E-state index contributed by atoms with van der Waals surface area (Å²) in [4.78, 5) is 18.2. The van der Waals surface area contributed by atoms with Crippen molar-refractivity contribution in [2.24, 2.45) is 0 Å². The van der Waals surface area contributed by atoms with E-state index in [1.165, 1.54) is 16.6 Å². The quantitative estimate of drug-likeness (QED) is 0.791. The lowest BCUT2D eigenvalue weighted by Crippen LogP contribution is -2.35. The van der Waals surface area contributed by atoms with Crippen LogP contribution in [0.3, 0.4) is 0 Å². The summed E-state index contributed by atoms with van der Waals surface area (Å²) in [7, 11) is 1.66. The molecule has 1 N–H and O–H groups in total. The Kier molecular flexibility index (Phi) is 4.18. The number of hydrogen-bond acceptors (Lipinski definition) is 2. The van der Waals surface area contributed by atoms with Gasteiger partial charge in [-0.3, -0.25) is 4.79 Å². The number of nitrogens with zero attached hydrogens (tertiary/aromatic N) is 1. The number of hydrogen-bond donors (Lipinski definition) is 1. The zero-order valence-electron chi connectivity index (χ0n) is 14.4. The molecule has 0 spiro atoms. The molecule has 0 aliphatic carbocycles. The zero-order valence-corrected chi connectivity index (χ0v) is 14.4. The first kappa shape index (κ1) is 15.8. The SMILES string of the molecule is COc1cccc(CCC(=O)N2CCc3[nH]c4ccccc4c3C2)c1. The van der Waals surface area contributed by atoms with E-state index in [0.717, 1.165) is 36.2 Å². The third-order valence-electron chi connectivity index (χ3n) is 5.00. The van der Waals surface area contributed by atoms with Gasteiger partial charge < -0.3 is 14.6 Å². The summed E-state index contributed by atoms with van der Waals surface area (Å²) in [5.74, 6) is 1.06. The van der Waals surface area contributed by atoms with Crippen LogP contribution in [0.4, 0.5) is 0 Å². The van der Waals surface area contributed by atoms with Crippen molar-refractivity contribution in [3.8, 4) is 5.75 Å². The molecule has 2 aromatic carbocycles. The van der Waals surface area contributed by atoms with Crippen LogP contribution < -0.4 is 4.74 Å². The average Bonchev–Trinajstić information content (AvgIpc) is 3.04. The summed E-state index contributed by atoms with van der Waals surface area (Å²) in [6.07, 6.45) is 2.17. The van der Waals surface area contributed by atoms with Gasteiger partial charge in [-0.15, -0.1) is 0 Å². The van der Waals surface area contributed by atoms with Gasteiger partial charge in [-0.25, -0.2) is 0 Å². The Morgan fingerprint density at radius 3 is 2.96 bits per heavy atom. The molecule has 4 nitrogen and oxygen atoms in total. The fourth-order valence-corrected chi connectivity index (χ4v) is 3.62. The van der Waals surface area contributed by atoms with Crippen LogP contribution in [0.2, 0.25) is 0 Å². The minimum Gasteiger partial charge on any atom is -0.497 e. The van der Waals surface area contributed by atoms with E-state index in [9.17, 15) is 4.79 Å². The Bertz CT molecular complexity index is 913. The molecule has 0 atom stereocenters. The molecule has 1 aromatic heterocycles. The molecule has 1 aliphatic rings. The second-order valence-corrected chi connectivity index (χ2v) is 6.54. The number of fused-ring (bicyclic) bond motifs is 3. The zero-order chi connectivity index (χ0) is 17.2. The number of benzene rings is 2. The summed E-state index contributed by atoms with van der Waals surface area (Å²) in [6.45, 7) is 1.49. The van der Waals surface area contributed by atoms with Crippen LogP contribution in [0.15, 0.2) is 48.5 Å². The van der Waals surface area contributed by atoms with Gasteiger partial charge in [-0.2, -0.15) is 0 Å². The van der Waals surface area contributed by atoms with Crippen LogP contribution in [0.5, 0.6) is 5.75 Å². The van der Waals surface area contributed by atoms with Crippen LogP contribution in [0.1, 0.15) is 23.2 Å². The normalized spacial score (nSPS) is 13.7. The van der Waals surface area contributed by atoms with Crippen molar-refractivity contribution in [2.75, 3.05) is 13.7 Å². The predicted octanol–water partition coefficient (Wildman–Crippen LogP) is 3.69. The molecule has 4 heteroatoms. The number of aromatic nitrogens is 1. The minimum atomic E-state index is 0.221. The number of methoxy groups -OCH3 is 1. The average molecular weight is 334 g/mol. The van der Waals surface area contributed by atoms with Gasteiger partial charge in [0.15, 0.2) is 0 Å². The Balaban J connectivity index is 1.45. The summed E-state index contributed by atoms with van der Waals surface area (Å²) >= 11 is 0. The molecule has 1 aliphatic heterocycles. The molecule has 0 unspecified atom stereocenters. The van der Waals surface area contributed by atoms with Gasteiger partial charge in [0.05, 0.1) is 7.11 Å². The number of para-hydroxylation sites is 1. The smallest absolute Gasteiger partial charge is 0.223 e. The van der Waals surface area contributed by atoms with Gasteiger partial charge in [0.2, 0.25) is 5.91 Å². The van der Waals surface area contributed by atoms with Gasteiger partial charge in [0, 0.05) is 48.1 Å². The monoisotopic (exact) mass is 334 g/mol. The first-order chi connectivity index (χ1) is 12.2. The van der Waals surface area contributed by atoms with Gasteiger partial charge in [-0.1, -0.05) is 30.3 Å². The molecule has 0 radical (unpaired) electrons. The lowest BCUT2D eigenvalue weighted by molar-refractivity contribution is -0.132. The molecule has 3 aromatic rings. The maximum absolute atomic E-state index is 12.7. The van der Waals surface area contributed by atoms with Gasteiger partial charge in [-0.05, 0) is 30.2 Å². The van der Waals surface area contributed by atoms with E-state index >= 15 is 0 Å². The molecule has 0 bridgehead atoms. The summed E-state index contributed by atoms with van der Waals surface area (Å²) in [5.41, 5.74) is 4.85. The number of aryl methyl sites for hydroxylation is 1. The second-order valence-electron chi connectivity index (χ2n) is 6.54. The molecule has 4 rings (SSSR count). The highest BCUT2D eigenvalue weighted by molar-refractivity contribution is 5.86. The van der Waals surface area contributed by atoms with Crippen molar-refractivity contribution >= 4 is 16.8 Å². The number of carbonyl (C=O) groups is 1. The molecule has 128 valence electrons. The van der Waals surface area contributed by atoms with E-state index in [1.807, 2.05) is 35.2 Å². The van der Waals surface area contributed by atoms with Crippen LogP contribution in [0, 0.1) is 0 Å². The van der Waals surface area contributed by atoms with Crippen molar-refractivity contribution in [3.63, 3.8) is 0 Å². The first-order valence-corrected chi connectivity index (χ1v) is 8.74. The molecule has 25 heavy (non-hydrogen) atoms. The number of ether oxygens (including phenoxy) is 1. The fourth-order valence-electron chi connectivity index (χ4n) is 3.62. The Labute approximate surface area is 147 Å². The molecular formula is C21H22N2O2. The van der Waals surface area contributed by atoms with Crippen LogP contribution in [-0.2, 0) is 24.2 Å². The van der Waals surface area contributed by atoms with E-state index in [0.29, 0.717) is 13.0 Å². The number of amides is 1. The van der Waals surface area contributed by atoms with Gasteiger partial charge in [0.25, 0.3) is 0 Å². The van der Waals surface area contributed by atoms with E-state index < -0.39 is 0 Å². The first-order valence-electron chi connectivity index (χ1n) is 8.74. The standard InChI is InChI=1S/C21H22N2O2/c1-25-16-6-4-5-15(13-16)9-10-21(24)23-12-11-20-18(14-23)17-7-2-3-8-19(17)22-20/h2-8,13,22H,9-12,14H2,1H3. The number of aromatic amines is 1. The van der Waals surface area contributed by atoms with Crippen molar-refractivity contribution in [1.29, 1.82) is 0 Å². The number of H-pyrrole nitrogens is 1. The largest absolute Gasteiger partial charge is 0.497 e. The highest BCUT2D eigenvalue weighted by atomic mass is 16.5. The summed E-state index contributed by atoms with van der Waals surface area (Å²) in [6, 6.07) is 16.3. The van der Waals surface area contributed by atoms with Crippen LogP contribution >= 0.6 is 0 Å². The van der Waals surface area contributed by atoms with E-state index in [-0.39, 0.29) is 5.91 Å². The number of rotatable bonds is 4. The Hall–Kier alpha value is -2.75. The highest BCUT2D eigenvalue weighted by Gasteiger charge is 2.23. The van der Waals surface area contributed by atoms with E-state index in [2.05, 4.69) is 23.2 Å². The highest BCUT2D eigenvalue weighted by Crippen LogP contribution is 2.28. The molecule has 0 fully saturated rings. The molecular weight excluding hydrogens is 312 g/mol. The van der Waals surface area contributed by atoms with Crippen molar-refractivity contribution < 1.29 is 9.53 Å². The van der Waals surface area contributed by atoms with Crippen molar-refractivity contribution in [2.45, 2.75) is 25.8 Å². The number of carbonyl (C=O) groups excluding carboxylic acids is 1. The molecule has 1 amide bonds. The topological polar surface area (TPSA) is 45.3 Å². The Morgan fingerprint density at radius 2 is 2.08 bits per heavy atom. The van der Waals surface area contributed by atoms with Crippen LogP contribution in [0.25, 0.3) is 10.9 Å². The summed E-state index contributed by atoms with van der Waals surface area (Å²) in [5, 5.41) is 1.24. The molecule has 0 saturated heterocycles. The lowest BCUT2D eigenvalue weighted by atomic mass is 10.0. The minimum absolute atomic E-state index is 0.221. The number of nitrogens with one attached hydrogen (secondary N) is 1. The lowest BCUT2D eigenvalue weighted by Gasteiger charge is -2.27. The second kappa shape index (κ2) is 6.63. The van der Waals surface area contributed by atoms with Crippen LogP contribution in [-0.4, -0.2) is 29.4 Å². The van der Waals surface area contributed by atoms with E-state index in [1.54, 1.807) is 7.11 Å². The predicted molar refractivity (Wildman–Crippen MR) is 98.7 cm³/mol. The van der Waals surface area contributed by atoms with E-state index in [4.69, 9.17) is 4.74 Å². The maximum atomic E-state index is 12.7. The van der Waals surface area contributed by atoms with Crippen molar-refractivity contribution in [3.05, 3.63) is 65.4 Å².